The van der Waals surface area contributed by atoms with Crippen molar-refractivity contribution in [1.82, 2.24) is 10.2 Å². The van der Waals surface area contributed by atoms with Crippen LogP contribution >= 0.6 is 23.2 Å². The van der Waals surface area contributed by atoms with Gasteiger partial charge in [0.2, 0.25) is 5.91 Å². The molecule has 2 fully saturated rings. The van der Waals surface area contributed by atoms with E-state index in [9.17, 15) is 19.2 Å². The highest BCUT2D eigenvalue weighted by atomic mass is 35.5. The van der Waals surface area contributed by atoms with Gasteiger partial charge in [-0.2, -0.15) is 0 Å². The van der Waals surface area contributed by atoms with Crippen molar-refractivity contribution >= 4 is 58.6 Å². The van der Waals surface area contributed by atoms with Crippen molar-refractivity contribution in [3.63, 3.8) is 0 Å². The fourth-order valence-corrected chi connectivity index (χ4v) is 5.59. The molecule has 12 heteroatoms. The zero-order valence-corrected chi connectivity index (χ0v) is 21.8. The number of hydrogen-bond acceptors (Lipinski definition) is 5. The third-order valence-electron chi connectivity index (χ3n) is 7.10. The molecular weight excluding hydrogens is 535 g/mol. The number of rotatable bonds is 6. The SMILES string of the molecule is O=C(O)Nc1ccc(C(=O)N[C@@H](CC2CC2)C(=O)N2CCC[C@@]3(C2)OC(=O)Nc2ccc(Cl)cc23)c(Cl)c1. The molecule has 1 spiro atoms. The van der Waals surface area contributed by atoms with Crippen LogP contribution in [-0.2, 0) is 15.1 Å². The molecule has 0 bridgehead atoms. The van der Waals surface area contributed by atoms with Crippen molar-refractivity contribution in [3.05, 3.63) is 57.6 Å². The Kier molecular flexibility index (Phi) is 7.11. The second-order valence-electron chi connectivity index (χ2n) is 9.89. The minimum atomic E-state index is -1.25. The maximum absolute atomic E-state index is 13.8. The molecule has 2 aliphatic heterocycles. The molecule has 4 amide bonds. The summed E-state index contributed by atoms with van der Waals surface area (Å²) < 4.78 is 5.80. The first-order valence-electron chi connectivity index (χ1n) is 12.3. The first-order valence-corrected chi connectivity index (χ1v) is 13.1. The third kappa shape index (κ3) is 5.51. The number of nitrogens with zero attached hydrogens (tertiary/aromatic N) is 1. The Morgan fingerprint density at radius 3 is 2.68 bits per heavy atom. The zero-order valence-electron chi connectivity index (χ0n) is 20.3. The Labute approximate surface area is 228 Å². The Hall–Kier alpha value is -3.50. The maximum atomic E-state index is 13.8. The topological polar surface area (TPSA) is 137 Å². The second-order valence-corrected chi connectivity index (χ2v) is 10.7. The number of carboxylic acid groups (broad SMARTS) is 1. The van der Waals surface area contributed by atoms with Gasteiger partial charge in [0.05, 0.1) is 22.8 Å². The van der Waals surface area contributed by atoms with Gasteiger partial charge in [-0.05, 0) is 61.6 Å². The molecule has 1 saturated heterocycles. The second kappa shape index (κ2) is 10.3. The smallest absolute Gasteiger partial charge is 0.412 e. The Bertz CT molecular complexity index is 1320. The van der Waals surface area contributed by atoms with E-state index in [-0.39, 0.29) is 28.7 Å². The van der Waals surface area contributed by atoms with Crippen LogP contribution in [0.5, 0.6) is 0 Å². The van der Waals surface area contributed by atoms with Gasteiger partial charge in [-0.15, -0.1) is 0 Å². The number of carbonyl (C=O) groups is 4. The Balaban J connectivity index is 1.36. The average Bonchev–Trinajstić information content (AvgIpc) is 3.67. The molecule has 10 nitrogen and oxygen atoms in total. The average molecular weight is 561 g/mol. The van der Waals surface area contributed by atoms with E-state index in [0.717, 1.165) is 12.8 Å². The first-order chi connectivity index (χ1) is 18.1. The molecule has 2 aromatic rings. The zero-order chi connectivity index (χ0) is 27.0. The maximum Gasteiger partial charge on any atom is 0.412 e. The molecule has 1 aliphatic carbocycles. The molecule has 0 radical (unpaired) electrons. The van der Waals surface area contributed by atoms with Crippen LogP contribution in [0.4, 0.5) is 21.0 Å². The quantitative estimate of drug-likeness (QED) is 0.389. The van der Waals surface area contributed by atoms with Crippen LogP contribution in [0, 0.1) is 5.92 Å². The number of amides is 4. The highest BCUT2D eigenvalue weighted by molar-refractivity contribution is 6.34. The van der Waals surface area contributed by atoms with Crippen LogP contribution < -0.4 is 16.0 Å². The van der Waals surface area contributed by atoms with Gasteiger partial charge in [0.1, 0.15) is 6.04 Å². The van der Waals surface area contributed by atoms with Crippen molar-refractivity contribution in [1.29, 1.82) is 0 Å². The van der Waals surface area contributed by atoms with Crippen LogP contribution in [0.15, 0.2) is 36.4 Å². The largest absolute Gasteiger partial charge is 0.465 e. The van der Waals surface area contributed by atoms with Gasteiger partial charge in [0.25, 0.3) is 5.91 Å². The van der Waals surface area contributed by atoms with E-state index in [1.807, 2.05) is 0 Å². The van der Waals surface area contributed by atoms with Gasteiger partial charge in [0, 0.05) is 22.8 Å². The van der Waals surface area contributed by atoms with Crippen LogP contribution in [0.2, 0.25) is 10.0 Å². The molecule has 0 aromatic heterocycles. The highest BCUT2D eigenvalue weighted by Crippen LogP contribution is 2.43. The van der Waals surface area contributed by atoms with E-state index >= 15 is 0 Å². The van der Waals surface area contributed by atoms with E-state index in [2.05, 4.69) is 16.0 Å². The lowest BCUT2D eigenvalue weighted by Gasteiger charge is -2.45. The molecule has 5 rings (SSSR count). The summed E-state index contributed by atoms with van der Waals surface area (Å²) in [7, 11) is 0. The predicted octanol–water partition coefficient (Wildman–Crippen LogP) is 5.06. The van der Waals surface area contributed by atoms with Crippen molar-refractivity contribution in [2.75, 3.05) is 23.7 Å². The molecule has 4 N–H and O–H groups in total. The summed E-state index contributed by atoms with van der Waals surface area (Å²) in [6.07, 6.45) is 1.73. The fraction of sp³-hybridized carbons (Fsp3) is 0.385. The summed E-state index contributed by atoms with van der Waals surface area (Å²) in [5.41, 5.74) is 0.619. The molecular formula is C26H26Cl2N4O6. The lowest BCUT2D eigenvalue weighted by molar-refractivity contribution is -0.141. The lowest BCUT2D eigenvalue weighted by atomic mass is 9.83. The third-order valence-corrected chi connectivity index (χ3v) is 7.65. The number of anilines is 2. The van der Waals surface area contributed by atoms with Crippen molar-refractivity contribution in [2.24, 2.45) is 5.92 Å². The summed E-state index contributed by atoms with van der Waals surface area (Å²) in [5.74, 6) is -0.465. The minimum absolute atomic E-state index is 0.0541. The van der Waals surface area contributed by atoms with Crippen LogP contribution in [-0.4, -0.2) is 53.1 Å². The van der Waals surface area contributed by atoms with Gasteiger partial charge in [-0.1, -0.05) is 36.0 Å². The number of ether oxygens (including phenoxy) is 1. The molecule has 2 heterocycles. The van der Waals surface area contributed by atoms with E-state index in [1.54, 1.807) is 23.1 Å². The molecule has 1 saturated carbocycles. The molecule has 38 heavy (non-hydrogen) atoms. The molecule has 2 aromatic carbocycles. The molecule has 200 valence electrons. The lowest BCUT2D eigenvalue weighted by Crippen LogP contribution is -2.57. The number of carbonyl (C=O) groups excluding carboxylic acids is 3. The van der Waals surface area contributed by atoms with Crippen molar-refractivity contribution < 1.29 is 29.0 Å². The summed E-state index contributed by atoms with van der Waals surface area (Å²) in [6.45, 7) is 0.592. The van der Waals surface area contributed by atoms with Crippen LogP contribution in [0.3, 0.4) is 0 Å². The monoisotopic (exact) mass is 560 g/mol. The first kappa shape index (κ1) is 26.1. The number of benzene rings is 2. The highest BCUT2D eigenvalue weighted by Gasteiger charge is 2.47. The number of nitrogens with one attached hydrogen (secondary N) is 3. The number of likely N-dealkylation sites (tertiary alicyclic amines) is 1. The van der Waals surface area contributed by atoms with Crippen molar-refractivity contribution in [2.45, 2.75) is 43.7 Å². The minimum Gasteiger partial charge on any atom is -0.465 e. The fourth-order valence-electron chi connectivity index (χ4n) is 5.15. The van der Waals surface area contributed by atoms with Crippen LogP contribution in [0.1, 0.15) is 48.0 Å². The molecule has 0 unspecified atom stereocenters. The normalized spacial score (nSPS) is 21.1. The molecule has 2 atom stereocenters. The summed E-state index contributed by atoms with van der Waals surface area (Å²) in [4.78, 5) is 51.8. The van der Waals surface area contributed by atoms with E-state index < -0.39 is 29.7 Å². The predicted molar refractivity (Wildman–Crippen MR) is 141 cm³/mol. The summed E-state index contributed by atoms with van der Waals surface area (Å²) in [5, 5.41) is 17.2. The van der Waals surface area contributed by atoms with Gasteiger partial charge < -0.3 is 20.1 Å². The van der Waals surface area contributed by atoms with Gasteiger partial charge in [-0.25, -0.2) is 9.59 Å². The number of fused-ring (bicyclic) bond motifs is 2. The van der Waals surface area contributed by atoms with E-state index in [0.29, 0.717) is 48.0 Å². The van der Waals surface area contributed by atoms with Crippen molar-refractivity contribution in [3.8, 4) is 0 Å². The van der Waals surface area contributed by atoms with Gasteiger partial charge >= 0.3 is 12.2 Å². The molecule has 3 aliphatic rings. The summed E-state index contributed by atoms with van der Waals surface area (Å²) in [6, 6.07) is 8.53. The Morgan fingerprint density at radius 2 is 1.97 bits per heavy atom. The Morgan fingerprint density at radius 1 is 1.18 bits per heavy atom. The summed E-state index contributed by atoms with van der Waals surface area (Å²) >= 11 is 12.5. The van der Waals surface area contributed by atoms with E-state index in [1.165, 1.54) is 18.2 Å². The van der Waals surface area contributed by atoms with E-state index in [4.69, 9.17) is 33.0 Å². The van der Waals surface area contributed by atoms with Gasteiger partial charge in [-0.3, -0.25) is 20.2 Å². The number of piperidine rings is 1. The standard InChI is InChI=1S/C26H26Cl2N4O6/c27-15-4-7-20-18(11-15)26(38-25(37)31-20)8-1-9-32(13-26)23(34)21(10-14-2-3-14)30-22(33)17-6-5-16(12-19(17)28)29-24(35)36/h4-7,11-12,14,21,29H,1-3,8-10,13H2,(H,30,33)(H,31,37)(H,35,36)/t21-,26-/m0/s1. The van der Waals surface area contributed by atoms with Gasteiger partial charge in [0.15, 0.2) is 5.60 Å². The number of halogens is 2. The number of hydrogen-bond donors (Lipinski definition) is 4. The van der Waals surface area contributed by atoms with Crippen LogP contribution in [0.25, 0.3) is 0 Å².